The molecule has 0 bridgehead atoms. The number of phenolic OH excluding ortho intramolecular Hbond substituents is 1. The van der Waals surface area contributed by atoms with E-state index in [9.17, 15) is 4.79 Å². The zero-order valence-corrected chi connectivity index (χ0v) is 8.34. The van der Waals surface area contributed by atoms with Gasteiger partial charge in [0.2, 0.25) is 0 Å². The molecule has 5 nitrogen and oxygen atoms in total. The fourth-order valence-corrected chi connectivity index (χ4v) is 1.11. The zero-order valence-electron chi connectivity index (χ0n) is 8.34. The molecule has 0 aliphatic rings. The molecule has 1 rings (SSSR count). The monoisotopic (exact) mass is 211 g/mol. The summed E-state index contributed by atoms with van der Waals surface area (Å²) in [7, 11) is 1.24. The van der Waals surface area contributed by atoms with Gasteiger partial charge in [-0.2, -0.15) is 4.89 Å². The lowest BCUT2D eigenvalue weighted by atomic mass is 10.1. The van der Waals surface area contributed by atoms with Crippen LogP contribution < -0.4 is 5.73 Å². The summed E-state index contributed by atoms with van der Waals surface area (Å²) in [6, 6.07) is 5.67. The maximum Gasteiger partial charge on any atom is 0.359 e. The van der Waals surface area contributed by atoms with E-state index < -0.39 is 12.0 Å². The molecule has 0 spiro atoms. The Morgan fingerprint density at radius 3 is 2.60 bits per heavy atom. The molecule has 15 heavy (non-hydrogen) atoms. The first-order chi connectivity index (χ1) is 7.13. The number of rotatable bonds is 4. The van der Waals surface area contributed by atoms with Crippen LogP contribution in [-0.2, 0) is 21.0 Å². The van der Waals surface area contributed by atoms with Gasteiger partial charge in [0.05, 0.1) is 7.11 Å². The lowest BCUT2D eigenvalue weighted by molar-refractivity contribution is -0.256. The van der Waals surface area contributed by atoms with Crippen LogP contribution in [0.5, 0.6) is 5.75 Å². The molecule has 0 fully saturated rings. The molecule has 0 aromatic heterocycles. The van der Waals surface area contributed by atoms with Crippen molar-refractivity contribution in [1.82, 2.24) is 0 Å². The lowest BCUT2D eigenvalue weighted by Crippen LogP contribution is -2.34. The van der Waals surface area contributed by atoms with Gasteiger partial charge in [0.25, 0.3) is 0 Å². The minimum atomic E-state index is -0.769. The Balaban J connectivity index is 2.54. The molecule has 1 aromatic carbocycles. The third kappa shape index (κ3) is 3.57. The fourth-order valence-electron chi connectivity index (χ4n) is 1.11. The fraction of sp³-hybridized carbons (Fsp3) is 0.300. The number of carbonyl (C=O) groups is 1. The second-order valence-corrected chi connectivity index (χ2v) is 3.05. The van der Waals surface area contributed by atoms with E-state index in [0.29, 0.717) is 6.42 Å². The predicted octanol–water partition coefficient (Wildman–Crippen LogP) is 0.367. The molecule has 5 heteroatoms. The maximum absolute atomic E-state index is 11.1. The highest BCUT2D eigenvalue weighted by molar-refractivity contribution is 5.75. The lowest BCUT2D eigenvalue weighted by Gasteiger charge is -2.08. The predicted molar refractivity (Wildman–Crippen MR) is 52.9 cm³/mol. The van der Waals surface area contributed by atoms with Crippen molar-refractivity contribution in [2.45, 2.75) is 12.5 Å². The summed E-state index contributed by atoms with van der Waals surface area (Å²) < 4.78 is 0. The van der Waals surface area contributed by atoms with Gasteiger partial charge in [-0.3, -0.25) is 4.89 Å². The van der Waals surface area contributed by atoms with Crippen molar-refractivity contribution in [1.29, 1.82) is 0 Å². The van der Waals surface area contributed by atoms with E-state index in [0.717, 1.165) is 5.56 Å². The molecular formula is C10H13NO4. The van der Waals surface area contributed by atoms with Crippen molar-refractivity contribution in [2.24, 2.45) is 5.73 Å². The Labute approximate surface area is 87.3 Å². The quantitative estimate of drug-likeness (QED) is 0.555. The molecule has 1 atom stereocenters. The van der Waals surface area contributed by atoms with Crippen LogP contribution in [0, 0.1) is 0 Å². The maximum atomic E-state index is 11.1. The second-order valence-electron chi connectivity index (χ2n) is 3.05. The van der Waals surface area contributed by atoms with Crippen molar-refractivity contribution in [3.05, 3.63) is 29.8 Å². The van der Waals surface area contributed by atoms with Crippen molar-refractivity contribution in [3.63, 3.8) is 0 Å². The van der Waals surface area contributed by atoms with E-state index in [-0.39, 0.29) is 5.75 Å². The normalized spacial score (nSPS) is 12.1. The molecule has 0 saturated heterocycles. The van der Waals surface area contributed by atoms with Crippen LogP contribution in [0.15, 0.2) is 24.3 Å². The van der Waals surface area contributed by atoms with Crippen LogP contribution in [0.1, 0.15) is 5.56 Å². The van der Waals surface area contributed by atoms with Crippen LogP contribution in [0.4, 0.5) is 0 Å². The highest BCUT2D eigenvalue weighted by Crippen LogP contribution is 2.11. The van der Waals surface area contributed by atoms with E-state index in [1.807, 2.05) is 0 Å². The topological polar surface area (TPSA) is 81.8 Å². The smallest absolute Gasteiger partial charge is 0.359 e. The third-order valence-electron chi connectivity index (χ3n) is 1.86. The standard InChI is InChI=1S/C10H13NO4/c1-14-15-10(13)9(11)6-7-2-4-8(12)5-3-7/h2-5,9,12H,6,11H2,1H3. The minimum absolute atomic E-state index is 0.173. The minimum Gasteiger partial charge on any atom is -0.508 e. The van der Waals surface area contributed by atoms with Gasteiger partial charge in [-0.1, -0.05) is 12.1 Å². The van der Waals surface area contributed by atoms with Crippen LogP contribution in [0.25, 0.3) is 0 Å². The molecule has 0 aliphatic heterocycles. The number of hydrogen-bond acceptors (Lipinski definition) is 5. The van der Waals surface area contributed by atoms with E-state index in [2.05, 4.69) is 9.78 Å². The van der Waals surface area contributed by atoms with Crippen LogP contribution in [0.2, 0.25) is 0 Å². The van der Waals surface area contributed by atoms with Crippen molar-refractivity contribution >= 4 is 5.97 Å². The third-order valence-corrected chi connectivity index (χ3v) is 1.86. The van der Waals surface area contributed by atoms with Gasteiger partial charge in [-0.25, -0.2) is 4.79 Å². The Kier molecular flexibility index (Phi) is 4.08. The Morgan fingerprint density at radius 1 is 1.47 bits per heavy atom. The van der Waals surface area contributed by atoms with E-state index in [1.165, 1.54) is 19.2 Å². The largest absolute Gasteiger partial charge is 0.508 e. The Bertz CT molecular complexity index is 323. The molecule has 1 aromatic rings. The zero-order chi connectivity index (χ0) is 11.3. The SMILES string of the molecule is COOC(=O)C(N)Cc1ccc(O)cc1. The number of phenols is 1. The molecule has 0 amide bonds. The first kappa shape index (κ1) is 11.5. The molecular weight excluding hydrogens is 198 g/mol. The molecule has 0 heterocycles. The van der Waals surface area contributed by atoms with Gasteiger partial charge in [-0.05, 0) is 24.1 Å². The summed E-state index contributed by atoms with van der Waals surface area (Å²) in [6.45, 7) is 0. The van der Waals surface area contributed by atoms with Crippen molar-refractivity contribution in [3.8, 4) is 5.75 Å². The van der Waals surface area contributed by atoms with Crippen molar-refractivity contribution in [2.75, 3.05) is 7.11 Å². The van der Waals surface area contributed by atoms with E-state index in [1.54, 1.807) is 12.1 Å². The molecule has 0 saturated carbocycles. The summed E-state index contributed by atoms with van der Waals surface area (Å²) in [5.41, 5.74) is 6.40. The van der Waals surface area contributed by atoms with Crippen LogP contribution in [0.3, 0.4) is 0 Å². The summed E-state index contributed by atoms with van der Waals surface area (Å²) >= 11 is 0. The average Bonchev–Trinajstić information content (AvgIpc) is 2.22. The van der Waals surface area contributed by atoms with Gasteiger partial charge >= 0.3 is 5.97 Å². The molecule has 82 valence electrons. The molecule has 3 N–H and O–H groups in total. The average molecular weight is 211 g/mol. The first-order valence-corrected chi connectivity index (χ1v) is 4.41. The van der Waals surface area contributed by atoms with Gasteiger partial charge in [-0.15, -0.1) is 0 Å². The Morgan fingerprint density at radius 2 is 2.07 bits per heavy atom. The highest BCUT2D eigenvalue weighted by atomic mass is 17.2. The van der Waals surface area contributed by atoms with Crippen LogP contribution in [-0.4, -0.2) is 24.2 Å². The molecule has 1 unspecified atom stereocenters. The first-order valence-electron chi connectivity index (χ1n) is 4.41. The summed E-state index contributed by atoms with van der Waals surface area (Å²) in [5.74, 6) is -0.447. The summed E-state index contributed by atoms with van der Waals surface area (Å²) in [4.78, 5) is 19.6. The van der Waals surface area contributed by atoms with Gasteiger partial charge in [0, 0.05) is 0 Å². The van der Waals surface area contributed by atoms with Crippen molar-refractivity contribution < 1.29 is 19.7 Å². The molecule has 0 radical (unpaired) electrons. The summed E-state index contributed by atoms with van der Waals surface area (Å²) in [6.07, 6.45) is 0.336. The number of aromatic hydroxyl groups is 1. The molecule has 0 aliphatic carbocycles. The highest BCUT2D eigenvalue weighted by Gasteiger charge is 2.16. The second kappa shape index (κ2) is 5.33. The van der Waals surface area contributed by atoms with Gasteiger partial charge < -0.3 is 10.8 Å². The van der Waals surface area contributed by atoms with Crippen LogP contribution >= 0.6 is 0 Å². The van der Waals surface area contributed by atoms with E-state index >= 15 is 0 Å². The number of carbonyl (C=O) groups excluding carboxylic acids is 1. The van der Waals surface area contributed by atoms with Gasteiger partial charge in [0.1, 0.15) is 11.8 Å². The number of benzene rings is 1. The van der Waals surface area contributed by atoms with E-state index in [4.69, 9.17) is 10.8 Å². The Hall–Kier alpha value is -1.59. The van der Waals surface area contributed by atoms with Gasteiger partial charge in [0.15, 0.2) is 0 Å². The number of nitrogens with two attached hydrogens (primary N) is 1. The number of hydrogen-bond donors (Lipinski definition) is 2. The summed E-state index contributed by atoms with van der Waals surface area (Å²) in [5, 5.41) is 9.04.